The summed E-state index contributed by atoms with van der Waals surface area (Å²) in [6.07, 6.45) is 0.879. The van der Waals surface area contributed by atoms with Crippen molar-refractivity contribution >= 4 is 27.5 Å². The van der Waals surface area contributed by atoms with Crippen LogP contribution >= 0.6 is 11.3 Å². The lowest BCUT2D eigenvalue weighted by atomic mass is 10.0. The molecule has 0 saturated carbocycles. The third-order valence-corrected chi connectivity index (χ3v) is 6.93. The van der Waals surface area contributed by atoms with Crippen LogP contribution in [0.3, 0.4) is 0 Å². The number of carboxylic acid groups (broad SMARTS) is 1. The minimum absolute atomic E-state index is 0.293. The fourth-order valence-corrected chi connectivity index (χ4v) is 5.00. The molecule has 4 rings (SSSR count). The zero-order valence-corrected chi connectivity index (χ0v) is 19.5. The first-order valence-corrected chi connectivity index (χ1v) is 11.5. The Kier molecular flexibility index (Phi) is 5.98. The van der Waals surface area contributed by atoms with Crippen molar-refractivity contribution in [3.05, 3.63) is 86.3 Å². The Morgan fingerprint density at radius 2 is 1.78 bits per heavy atom. The first-order valence-electron chi connectivity index (χ1n) is 10.6. The van der Waals surface area contributed by atoms with E-state index in [2.05, 4.69) is 11.1 Å². The topological polar surface area (TPSA) is 72.2 Å². The van der Waals surface area contributed by atoms with Crippen LogP contribution in [-0.4, -0.2) is 20.6 Å². The molecule has 0 spiro atoms. The zero-order valence-electron chi connectivity index (χ0n) is 18.7. The van der Waals surface area contributed by atoms with E-state index < -0.39 is 12.0 Å². The van der Waals surface area contributed by atoms with Crippen LogP contribution in [0.2, 0.25) is 0 Å². The summed E-state index contributed by atoms with van der Waals surface area (Å²) in [7, 11) is 0. The number of nitrogens with zero attached hydrogens (tertiary/aromatic N) is 2. The van der Waals surface area contributed by atoms with Crippen LogP contribution in [0.4, 0.5) is 0 Å². The Bertz CT molecular complexity index is 1370. The number of fused-ring (bicyclic) bond motifs is 1. The maximum Gasteiger partial charge on any atom is 0.326 e. The van der Waals surface area contributed by atoms with Crippen LogP contribution < -0.4 is 5.56 Å². The van der Waals surface area contributed by atoms with Gasteiger partial charge in [0, 0.05) is 10.9 Å². The van der Waals surface area contributed by atoms with Gasteiger partial charge in [-0.3, -0.25) is 9.36 Å². The number of aryl methyl sites for hydroxylation is 5. The van der Waals surface area contributed by atoms with E-state index in [4.69, 9.17) is 0 Å². The van der Waals surface area contributed by atoms with Crippen molar-refractivity contribution in [1.82, 2.24) is 9.55 Å². The van der Waals surface area contributed by atoms with Gasteiger partial charge in [0.05, 0.1) is 5.39 Å². The molecule has 5 nitrogen and oxygen atoms in total. The summed E-state index contributed by atoms with van der Waals surface area (Å²) >= 11 is 1.42. The number of hydrogen-bond donors (Lipinski definition) is 1. The molecule has 2 heterocycles. The lowest BCUT2D eigenvalue weighted by molar-refractivity contribution is -0.141. The highest BCUT2D eigenvalue weighted by molar-refractivity contribution is 7.17. The molecule has 0 fully saturated rings. The predicted octanol–water partition coefficient (Wildman–Crippen LogP) is 5.62. The molecule has 1 atom stereocenters. The monoisotopic (exact) mass is 446 g/mol. The number of carboxylic acids is 1. The van der Waals surface area contributed by atoms with E-state index in [1.165, 1.54) is 21.5 Å². The summed E-state index contributed by atoms with van der Waals surface area (Å²) < 4.78 is 1.36. The van der Waals surface area contributed by atoms with Gasteiger partial charge < -0.3 is 5.11 Å². The number of hydrogen-bond acceptors (Lipinski definition) is 4. The molecule has 2 aromatic heterocycles. The van der Waals surface area contributed by atoms with Gasteiger partial charge in [-0.15, -0.1) is 11.3 Å². The highest BCUT2D eigenvalue weighted by Crippen LogP contribution is 2.32. The fraction of sp³-hybridized carbons (Fsp3) is 0.269. The molecule has 0 radical (unpaired) electrons. The van der Waals surface area contributed by atoms with Gasteiger partial charge in [0.1, 0.15) is 16.7 Å². The van der Waals surface area contributed by atoms with Crippen LogP contribution in [0.5, 0.6) is 0 Å². The summed E-state index contributed by atoms with van der Waals surface area (Å²) in [4.78, 5) is 31.1. The molecule has 0 aliphatic heterocycles. The maximum atomic E-state index is 13.6. The van der Waals surface area contributed by atoms with E-state index in [-0.39, 0.29) is 5.56 Å². The van der Waals surface area contributed by atoms with Gasteiger partial charge in [-0.1, -0.05) is 48.0 Å². The number of thiophene rings is 1. The first-order chi connectivity index (χ1) is 15.3. The van der Waals surface area contributed by atoms with Gasteiger partial charge in [0.2, 0.25) is 0 Å². The van der Waals surface area contributed by atoms with Gasteiger partial charge in [0.15, 0.2) is 0 Å². The van der Waals surface area contributed by atoms with E-state index in [1.807, 2.05) is 62.5 Å². The number of aromatic nitrogens is 2. The van der Waals surface area contributed by atoms with E-state index in [1.54, 1.807) is 6.92 Å². The molecular formula is C26H26N2O3S. The second-order valence-electron chi connectivity index (χ2n) is 8.34. The second-order valence-corrected chi connectivity index (χ2v) is 9.20. The molecule has 1 unspecified atom stereocenters. The zero-order chi connectivity index (χ0) is 23.0. The Morgan fingerprint density at radius 3 is 2.44 bits per heavy atom. The molecule has 6 heteroatoms. The number of rotatable bonds is 6. The minimum atomic E-state index is -1.02. The SMILES string of the molecule is Cc1ccc(CCC(C(=O)O)n2c(C)nc3scc(-c4ccc(C)c(C)c4)c3c2=O)cc1. The Labute approximate surface area is 191 Å². The second kappa shape index (κ2) is 8.71. The van der Waals surface area contributed by atoms with Crippen LogP contribution in [0.1, 0.15) is 40.5 Å². The molecule has 164 valence electrons. The van der Waals surface area contributed by atoms with Gasteiger partial charge in [-0.05, 0) is 62.8 Å². The summed E-state index contributed by atoms with van der Waals surface area (Å²) in [6, 6.07) is 13.1. The molecular weight excluding hydrogens is 420 g/mol. The molecule has 32 heavy (non-hydrogen) atoms. The first kappa shape index (κ1) is 22.0. The third-order valence-electron chi connectivity index (χ3n) is 6.06. The summed E-state index contributed by atoms with van der Waals surface area (Å²) in [5.74, 6) is -0.598. The number of aliphatic carboxylic acids is 1. The van der Waals surface area contributed by atoms with Crippen molar-refractivity contribution in [3.8, 4) is 11.1 Å². The van der Waals surface area contributed by atoms with Crippen LogP contribution in [0, 0.1) is 27.7 Å². The highest BCUT2D eigenvalue weighted by atomic mass is 32.1. The predicted molar refractivity (Wildman–Crippen MR) is 130 cm³/mol. The molecule has 0 aliphatic carbocycles. The van der Waals surface area contributed by atoms with Crippen molar-refractivity contribution in [2.45, 2.75) is 46.6 Å². The lowest BCUT2D eigenvalue weighted by Gasteiger charge is -2.18. The van der Waals surface area contributed by atoms with Gasteiger partial charge >= 0.3 is 5.97 Å². The molecule has 1 N–H and O–H groups in total. The van der Waals surface area contributed by atoms with Crippen molar-refractivity contribution < 1.29 is 9.90 Å². The average molecular weight is 447 g/mol. The molecule has 0 amide bonds. The quantitative estimate of drug-likeness (QED) is 0.417. The van der Waals surface area contributed by atoms with E-state index in [0.717, 1.165) is 27.8 Å². The van der Waals surface area contributed by atoms with Gasteiger partial charge in [-0.2, -0.15) is 0 Å². The smallest absolute Gasteiger partial charge is 0.326 e. The highest BCUT2D eigenvalue weighted by Gasteiger charge is 2.25. The Balaban J connectivity index is 1.79. The molecule has 2 aromatic carbocycles. The molecule has 0 aliphatic rings. The van der Waals surface area contributed by atoms with Crippen LogP contribution in [0.25, 0.3) is 21.3 Å². The standard InChI is InChI=1S/C26H26N2O3S/c1-15-5-8-19(9-6-15)10-12-22(26(30)31)28-18(4)27-24-23(25(28)29)21(14-32-24)20-11-7-16(2)17(3)13-20/h5-9,11,13-14,22H,10,12H2,1-4H3,(H,30,31). The lowest BCUT2D eigenvalue weighted by Crippen LogP contribution is -2.32. The molecule has 4 aromatic rings. The van der Waals surface area contributed by atoms with Gasteiger partial charge in [0.25, 0.3) is 5.56 Å². The van der Waals surface area contributed by atoms with Crippen LogP contribution in [-0.2, 0) is 11.2 Å². The fourth-order valence-electron chi connectivity index (χ4n) is 4.01. The van der Waals surface area contributed by atoms with Gasteiger partial charge in [-0.25, -0.2) is 9.78 Å². The summed E-state index contributed by atoms with van der Waals surface area (Å²) in [6.45, 7) is 7.81. The van der Waals surface area contributed by atoms with E-state index in [0.29, 0.717) is 28.9 Å². The largest absolute Gasteiger partial charge is 0.480 e. The third kappa shape index (κ3) is 4.10. The number of benzene rings is 2. The number of carbonyl (C=O) groups is 1. The Hall–Kier alpha value is -3.25. The minimum Gasteiger partial charge on any atom is -0.480 e. The van der Waals surface area contributed by atoms with Crippen LogP contribution in [0.15, 0.2) is 52.6 Å². The van der Waals surface area contributed by atoms with E-state index in [9.17, 15) is 14.7 Å². The molecule has 0 saturated heterocycles. The van der Waals surface area contributed by atoms with Crippen molar-refractivity contribution in [2.75, 3.05) is 0 Å². The van der Waals surface area contributed by atoms with E-state index >= 15 is 0 Å². The summed E-state index contributed by atoms with van der Waals surface area (Å²) in [5.41, 5.74) is 5.99. The van der Waals surface area contributed by atoms with Crippen molar-refractivity contribution in [3.63, 3.8) is 0 Å². The Morgan fingerprint density at radius 1 is 1.06 bits per heavy atom. The van der Waals surface area contributed by atoms with Crippen molar-refractivity contribution in [1.29, 1.82) is 0 Å². The molecule has 0 bridgehead atoms. The summed E-state index contributed by atoms with van der Waals surface area (Å²) in [5, 5.41) is 12.4. The average Bonchev–Trinajstić information content (AvgIpc) is 3.17. The maximum absolute atomic E-state index is 13.6. The van der Waals surface area contributed by atoms with Crippen molar-refractivity contribution in [2.24, 2.45) is 0 Å². The normalized spacial score (nSPS) is 12.2.